The number of fused-ring (bicyclic) bond motifs is 1. The molecule has 1 aromatic heterocycles. The second-order valence-electron chi connectivity index (χ2n) is 9.31. The fourth-order valence-corrected chi connectivity index (χ4v) is 5.21. The molecule has 0 aliphatic rings. The number of aromatic nitrogens is 2. The van der Waals surface area contributed by atoms with Crippen molar-refractivity contribution in [2.75, 3.05) is 0 Å². The summed E-state index contributed by atoms with van der Waals surface area (Å²) >= 11 is 12.5. The van der Waals surface area contributed by atoms with Crippen molar-refractivity contribution in [3.05, 3.63) is 111 Å². The van der Waals surface area contributed by atoms with Gasteiger partial charge in [0.1, 0.15) is 11.6 Å². The van der Waals surface area contributed by atoms with Crippen molar-refractivity contribution in [2.24, 2.45) is 0 Å². The monoisotopic (exact) mass is 575 g/mol. The Balaban J connectivity index is 1.54. The SMILES string of the molecule is CCC[C@H](NC(=O)c1ccc(-c2c(Cl)cccc2-c2nc3ccccc3[nH]2)c(C(=O)O)c1)c1ccc(Cl)cc1F. The Morgan fingerprint density at radius 1 is 1.00 bits per heavy atom. The second-order valence-corrected chi connectivity index (χ2v) is 10.2. The normalized spacial score (nSPS) is 11.9. The van der Waals surface area contributed by atoms with Crippen molar-refractivity contribution in [2.45, 2.75) is 25.8 Å². The summed E-state index contributed by atoms with van der Waals surface area (Å²) in [4.78, 5) is 33.6. The standard InChI is InChI=1S/C31H24Cl2FN3O3/c1-2-6-25(20-14-12-18(32)16-24(20)34)37-30(38)17-11-13-19(22(15-17)31(39)40)28-21(7-5-8-23(28)33)29-35-26-9-3-4-10-27(26)36-29/h3-5,7-16,25H,2,6H2,1H3,(H,35,36)(H,37,38)(H,39,40)/t25-/m0/s1. The average Bonchev–Trinajstić information content (AvgIpc) is 3.37. The zero-order chi connectivity index (χ0) is 28.4. The molecule has 0 bridgehead atoms. The number of carbonyl (C=O) groups is 2. The number of amides is 1. The zero-order valence-electron chi connectivity index (χ0n) is 21.3. The van der Waals surface area contributed by atoms with E-state index in [1.165, 1.54) is 18.2 Å². The van der Waals surface area contributed by atoms with Crippen LogP contribution in [0.3, 0.4) is 0 Å². The van der Waals surface area contributed by atoms with Gasteiger partial charge in [-0.3, -0.25) is 4.79 Å². The molecule has 1 heterocycles. The van der Waals surface area contributed by atoms with E-state index in [1.54, 1.807) is 36.4 Å². The van der Waals surface area contributed by atoms with Gasteiger partial charge in [-0.1, -0.05) is 72.9 Å². The van der Waals surface area contributed by atoms with Gasteiger partial charge in [0.2, 0.25) is 0 Å². The molecule has 1 atom stereocenters. The van der Waals surface area contributed by atoms with Gasteiger partial charge in [-0.05, 0) is 54.4 Å². The molecule has 202 valence electrons. The van der Waals surface area contributed by atoms with Gasteiger partial charge in [-0.25, -0.2) is 14.2 Å². The predicted octanol–water partition coefficient (Wildman–Crippen LogP) is 8.31. The highest BCUT2D eigenvalue weighted by Gasteiger charge is 2.23. The largest absolute Gasteiger partial charge is 0.478 e. The number of halogens is 3. The Morgan fingerprint density at radius 2 is 1.80 bits per heavy atom. The Labute approximate surface area is 239 Å². The summed E-state index contributed by atoms with van der Waals surface area (Å²) in [7, 11) is 0. The minimum Gasteiger partial charge on any atom is -0.478 e. The number of hydrogen-bond acceptors (Lipinski definition) is 3. The molecule has 5 aromatic rings. The van der Waals surface area contributed by atoms with Crippen molar-refractivity contribution in [1.29, 1.82) is 0 Å². The van der Waals surface area contributed by atoms with Crippen LogP contribution in [0.4, 0.5) is 4.39 Å². The summed E-state index contributed by atoms with van der Waals surface area (Å²) in [5.74, 6) is -1.75. The Morgan fingerprint density at radius 3 is 2.52 bits per heavy atom. The summed E-state index contributed by atoms with van der Waals surface area (Å²) < 4.78 is 14.6. The molecule has 9 heteroatoms. The first kappa shape index (κ1) is 27.4. The summed E-state index contributed by atoms with van der Waals surface area (Å²) in [5.41, 5.74) is 3.32. The van der Waals surface area contributed by atoms with Crippen molar-refractivity contribution in [1.82, 2.24) is 15.3 Å². The van der Waals surface area contributed by atoms with Gasteiger partial charge in [0.15, 0.2) is 0 Å². The van der Waals surface area contributed by atoms with E-state index in [-0.39, 0.29) is 16.1 Å². The van der Waals surface area contributed by atoms with Gasteiger partial charge in [0, 0.05) is 32.3 Å². The lowest BCUT2D eigenvalue weighted by Crippen LogP contribution is -2.29. The fraction of sp³-hybridized carbons (Fsp3) is 0.129. The predicted molar refractivity (Wildman–Crippen MR) is 155 cm³/mol. The third-order valence-electron chi connectivity index (χ3n) is 6.66. The van der Waals surface area contributed by atoms with Crippen molar-refractivity contribution in [3.8, 4) is 22.5 Å². The van der Waals surface area contributed by atoms with Gasteiger partial charge >= 0.3 is 5.97 Å². The summed E-state index contributed by atoms with van der Waals surface area (Å²) in [6.07, 6.45) is 1.16. The van der Waals surface area contributed by atoms with Gasteiger partial charge in [0.05, 0.1) is 22.6 Å². The smallest absolute Gasteiger partial charge is 0.336 e. The van der Waals surface area contributed by atoms with Crippen LogP contribution in [0.5, 0.6) is 0 Å². The molecular weight excluding hydrogens is 552 g/mol. The lowest BCUT2D eigenvalue weighted by molar-refractivity contribution is 0.0697. The van der Waals surface area contributed by atoms with E-state index in [2.05, 4.69) is 15.3 Å². The highest BCUT2D eigenvalue weighted by atomic mass is 35.5. The fourth-order valence-electron chi connectivity index (χ4n) is 4.78. The van der Waals surface area contributed by atoms with E-state index in [0.717, 1.165) is 11.0 Å². The lowest BCUT2D eigenvalue weighted by Gasteiger charge is -2.20. The van der Waals surface area contributed by atoms with Gasteiger partial charge in [-0.15, -0.1) is 0 Å². The highest BCUT2D eigenvalue weighted by molar-refractivity contribution is 6.34. The third kappa shape index (κ3) is 5.43. The molecule has 40 heavy (non-hydrogen) atoms. The van der Waals surface area contributed by atoms with Crippen LogP contribution in [0.1, 0.15) is 52.1 Å². The van der Waals surface area contributed by atoms with Gasteiger partial charge in [0.25, 0.3) is 5.91 Å². The number of carboxylic acids is 1. The van der Waals surface area contributed by atoms with Crippen LogP contribution in [0.25, 0.3) is 33.5 Å². The molecule has 0 radical (unpaired) electrons. The number of nitrogens with one attached hydrogen (secondary N) is 2. The number of imidazole rings is 1. The average molecular weight is 576 g/mol. The van der Waals surface area contributed by atoms with E-state index in [0.29, 0.717) is 45.9 Å². The molecule has 4 aromatic carbocycles. The number of aromatic amines is 1. The maximum absolute atomic E-state index is 14.6. The highest BCUT2D eigenvalue weighted by Crippen LogP contribution is 2.39. The molecule has 6 nitrogen and oxygen atoms in total. The van der Waals surface area contributed by atoms with Crippen LogP contribution >= 0.6 is 23.2 Å². The minimum atomic E-state index is -1.23. The number of carboxylic acid groups (broad SMARTS) is 1. The number of para-hydroxylation sites is 2. The maximum atomic E-state index is 14.6. The Bertz CT molecular complexity index is 1720. The molecular formula is C31H24Cl2FN3O3. The van der Waals surface area contributed by atoms with Crippen LogP contribution in [-0.2, 0) is 0 Å². The number of carbonyl (C=O) groups excluding carboxylic acids is 1. The minimum absolute atomic E-state index is 0.108. The molecule has 0 saturated carbocycles. The molecule has 5 rings (SSSR count). The first-order chi connectivity index (χ1) is 19.3. The third-order valence-corrected chi connectivity index (χ3v) is 7.21. The number of nitrogens with zero attached hydrogens (tertiary/aromatic N) is 1. The van der Waals surface area contributed by atoms with Crippen LogP contribution in [0, 0.1) is 5.82 Å². The first-order valence-electron chi connectivity index (χ1n) is 12.6. The van der Waals surface area contributed by atoms with E-state index in [1.807, 2.05) is 31.2 Å². The number of rotatable bonds is 8. The van der Waals surface area contributed by atoms with Crippen molar-refractivity contribution in [3.63, 3.8) is 0 Å². The summed E-state index contributed by atoms with van der Waals surface area (Å²) in [6.45, 7) is 1.92. The van der Waals surface area contributed by atoms with Crippen molar-refractivity contribution >= 4 is 46.1 Å². The van der Waals surface area contributed by atoms with Crippen molar-refractivity contribution < 1.29 is 19.1 Å². The van der Waals surface area contributed by atoms with Crippen LogP contribution in [-0.4, -0.2) is 27.0 Å². The Kier molecular flexibility index (Phi) is 7.87. The molecule has 0 saturated heterocycles. The lowest BCUT2D eigenvalue weighted by atomic mass is 9.93. The molecule has 0 aliphatic heterocycles. The Hall–Kier alpha value is -4.20. The topological polar surface area (TPSA) is 95.1 Å². The number of H-pyrrole nitrogens is 1. The number of benzene rings is 4. The quantitative estimate of drug-likeness (QED) is 0.173. The maximum Gasteiger partial charge on any atom is 0.336 e. The van der Waals surface area contributed by atoms with Gasteiger partial charge in [-0.2, -0.15) is 0 Å². The van der Waals surface area contributed by atoms with Crippen LogP contribution in [0.2, 0.25) is 10.0 Å². The first-order valence-corrected chi connectivity index (χ1v) is 13.4. The van der Waals surface area contributed by atoms with Crippen LogP contribution < -0.4 is 5.32 Å². The summed E-state index contributed by atoms with van der Waals surface area (Å²) in [5, 5.41) is 13.6. The van der Waals surface area contributed by atoms with Crippen LogP contribution in [0.15, 0.2) is 78.9 Å². The number of aromatic carboxylic acids is 1. The zero-order valence-corrected chi connectivity index (χ0v) is 22.9. The van der Waals surface area contributed by atoms with E-state index < -0.39 is 23.7 Å². The second kappa shape index (κ2) is 11.5. The molecule has 3 N–H and O–H groups in total. The van der Waals surface area contributed by atoms with E-state index in [4.69, 9.17) is 23.2 Å². The molecule has 1 amide bonds. The van der Waals surface area contributed by atoms with E-state index in [9.17, 15) is 19.1 Å². The molecule has 0 aliphatic carbocycles. The molecule has 0 spiro atoms. The molecule has 0 unspecified atom stereocenters. The molecule has 0 fully saturated rings. The summed E-state index contributed by atoms with van der Waals surface area (Å²) in [6, 6.07) is 20.9. The number of hydrogen-bond donors (Lipinski definition) is 3. The van der Waals surface area contributed by atoms with E-state index >= 15 is 0 Å². The van der Waals surface area contributed by atoms with Gasteiger partial charge < -0.3 is 15.4 Å².